The third-order valence-corrected chi connectivity index (χ3v) is 5.02. The average Bonchev–Trinajstić information content (AvgIpc) is 2.62. The molecule has 0 bridgehead atoms. The zero-order chi connectivity index (χ0) is 18.4. The molecule has 0 aliphatic carbocycles. The number of thiol groups is 1. The minimum Gasteiger partial charge on any atom is -0.465 e. The monoisotopic (exact) mass is 372 g/mol. The number of hydrogen-bond acceptors (Lipinski definition) is 3. The molecule has 0 aliphatic rings. The maximum atomic E-state index is 11.3. The molecule has 0 N–H and O–H groups in total. The van der Waals surface area contributed by atoms with Gasteiger partial charge in [-0.2, -0.15) is 12.6 Å². The molecule has 0 spiro atoms. The van der Waals surface area contributed by atoms with Crippen LogP contribution in [0.5, 0.6) is 0 Å². The van der Waals surface area contributed by atoms with E-state index < -0.39 is 0 Å². The summed E-state index contributed by atoms with van der Waals surface area (Å²) in [6, 6.07) is 0. The van der Waals surface area contributed by atoms with Gasteiger partial charge in [-0.3, -0.25) is 4.79 Å². The van der Waals surface area contributed by atoms with E-state index in [1.165, 1.54) is 96.3 Å². The molecule has 0 unspecified atom stereocenters. The molecule has 0 heterocycles. The molecular formula is C22H44O2S. The van der Waals surface area contributed by atoms with Crippen molar-refractivity contribution in [2.24, 2.45) is 0 Å². The van der Waals surface area contributed by atoms with Gasteiger partial charge in [-0.15, -0.1) is 0 Å². The van der Waals surface area contributed by atoms with Gasteiger partial charge in [0.25, 0.3) is 0 Å². The van der Waals surface area contributed by atoms with Gasteiger partial charge in [0.2, 0.25) is 0 Å². The number of ether oxygens (including phenoxy) is 1. The van der Waals surface area contributed by atoms with Crippen molar-refractivity contribution in [2.75, 3.05) is 12.4 Å². The number of carbonyl (C=O) groups excluding carboxylic acids is 1. The predicted octanol–water partition coefficient (Wildman–Crippen LogP) is 7.50. The Morgan fingerprint density at radius 3 is 1.36 bits per heavy atom. The van der Waals surface area contributed by atoms with Crippen LogP contribution in [0, 0.1) is 0 Å². The Kier molecular flexibility index (Phi) is 21.7. The van der Waals surface area contributed by atoms with Crippen LogP contribution in [-0.4, -0.2) is 18.3 Å². The maximum Gasteiger partial charge on any atom is 0.305 e. The van der Waals surface area contributed by atoms with E-state index in [0.717, 1.165) is 12.8 Å². The molecule has 0 aromatic heterocycles. The second-order valence-corrected chi connectivity index (χ2v) is 7.80. The van der Waals surface area contributed by atoms with Crippen LogP contribution in [0.15, 0.2) is 0 Å². The smallest absolute Gasteiger partial charge is 0.305 e. The highest BCUT2D eigenvalue weighted by Crippen LogP contribution is 2.14. The predicted molar refractivity (Wildman–Crippen MR) is 114 cm³/mol. The molecule has 0 aromatic carbocycles. The molecule has 0 saturated heterocycles. The zero-order valence-corrected chi connectivity index (χ0v) is 17.8. The average molecular weight is 373 g/mol. The number of hydrogen-bond donors (Lipinski definition) is 1. The Bertz CT molecular complexity index is 269. The Morgan fingerprint density at radius 1 is 0.640 bits per heavy atom. The largest absolute Gasteiger partial charge is 0.465 e. The fourth-order valence-corrected chi connectivity index (χ4v) is 3.32. The zero-order valence-electron chi connectivity index (χ0n) is 16.9. The molecular weight excluding hydrogens is 328 g/mol. The molecule has 3 heteroatoms. The second kappa shape index (κ2) is 21.9. The number of rotatable bonds is 20. The van der Waals surface area contributed by atoms with E-state index in [0.29, 0.717) is 18.8 Å². The van der Waals surface area contributed by atoms with Gasteiger partial charge >= 0.3 is 5.97 Å². The fourth-order valence-electron chi connectivity index (χ4n) is 3.23. The lowest BCUT2D eigenvalue weighted by Gasteiger charge is -2.04. The first kappa shape index (κ1) is 24.8. The first-order valence-electron chi connectivity index (χ1n) is 11.1. The summed E-state index contributed by atoms with van der Waals surface area (Å²) in [5.74, 6) is 0.556. The third kappa shape index (κ3) is 21.8. The Morgan fingerprint density at radius 2 is 1.00 bits per heavy atom. The van der Waals surface area contributed by atoms with Crippen LogP contribution in [0.4, 0.5) is 0 Å². The van der Waals surface area contributed by atoms with Crippen LogP contribution < -0.4 is 0 Å². The van der Waals surface area contributed by atoms with Crippen molar-refractivity contribution in [3.63, 3.8) is 0 Å². The minimum atomic E-state index is -0.0602. The van der Waals surface area contributed by atoms with Crippen LogP contribution >= 0.6 is 12.6 Å². The van der Waals surface area contributed by atoms with E-state index in [2.05, 4.69) is 19.6 Å². The summed E-state index contributed by atoms with van der Waals surface area (Å²) in [5, 5.41) is 0. The van der Waals surface area contributed by atoms with E-state index in [-0.39, 0.29) is 5.97 Å². The lowest BCUT2D eigenvalue weighted by atomic mass is 10.0. The SMILES string of the molecule is CCCCCCCCCCCCCCCCCCCC(=O)OCCS. The van der Waals surface area contributed by atoms with Crippen molar-refractivity contribution in [1.29, 1.82) is 0 Å². The van der Waals surface area contributed by atoms with Crippen molar-refractivity contribution in [3.05, 3.63) is 0 Å². The van der Waals surface area contributed by atoms with E-state index in [1.807, 2.05) is 0 Å². The normalized spacial score (nSPS) is 11.0. The molecule has 2 nitrogen and oxygen atoms in total. The summed E-state index contributed by atoms with van der Waals surface area (Å²) < 4.78 is 5.00. The van der Waals surface area contributed by atoms with E-state index in [9.17, 15) is 4.79 Å². The standard InChI is InChI=1S/C22H44O2S/c1-2-3-4-5-6-7-8-9-10-11-12-13-14-15-16-17-18-19-22(23)24-20-21-25/h25H,2-21H2,1H3. The maximum absolute atomic E-state index is 11.3. The summed E-state index contributed by atoms with van der Waals surface area (Å²) in [7, 11) is 0. The van der Waals surface area contributed by atoms with E-state index in [1.54, 1.807) is 0 Å². The molecule has 0 atom stereocenters. The van der Waals surface area contributed by atoms with E-state index in [4.69, 9.17) is 4.74 Å². The molecule has 0 fully saturated rings. The van der Waals surface area contributed by atoms with Gasteiger partial charge in [-0.1, -0.05) is 110 Å². The molecule has 0 saturated carbocycles. The van der Waals surface area contributed by atoms with Crippen molar-refractivity contribution in [2.45, 2.75) is 122 Å². The number of unbranched alkanes of at least 4 members (excludes halogenated alkanes) is 16. The lowest BCUT2D eigenvalue weighted by Crippen LogP contribution is -2.06. The summed E-state index contributed by atoms with van der Waals surface area (Å²) in [5.41, 5.74) is 0. The molecule has 25 heavy (non-hydrogen) atoms. The minimum absolute atomic E-state index is 0.0602. The fraction of sp³-hybridized carbons (Fsp3) is 0.955. The molecule has 0 amide bonds. The van der Waals surface area contributed by atoms with Gasteiger partial charge in [0.05, 0.1) is 0 Å². The highest BCUT2D eigenvalue weighted by Gasteiger charge is 2.01. The summed E-state index contributed by atoms with van der Waals surface area (Å²) in [4.78, 5) is 11.3. The van der Waals surface area contributed by atoms with Gasteiger partial charge in [0.1, 0.15) is 6.61 Å². The van der Waals surface area contributed by atoms with Crippen LogP contribution in [0.25, 0.3) is 0 Å². The Hall–Kier alpha value is -0.180. The first-order valence-corrected chi connectivity index (χ1v) is 11.7. The van der Waals surface area contributed by atoms with Crippen molar-refractivity contribution >= 4 is 18.6 Å². The highest BCUT2D eigenvalue weighted by atomic mass is 32.1. The Labute approximate surface area is 163 Å². The lowest BCUT2D eigenvalue weighted by molar-refractivity contribution is -0.143. The van der Waals surface area contributed by atoms with Crippen LogP contribution in [-0.2, 0) is 9.53 Å². The van der Waals surface area contributed by atoms with Crippen LogP contribution in [0.1, 0.15) is 122 Å². The van der Waals surface area contributed by atoms with Gasteiger partial charge in [-0.05, 0) is 6.42 Å². The molecule has 150 valence electrons. The van der Waals surface area contributed by atoms with Gasteiger partial charge in [0.15, 0.2) is 0 Å². The molecule has 0 rings (SSSR count). The van der Waals surface area contributed by atoms with Gasteiger partial charge < -0.3 is 4.74 Å². The van der Waals surface area contributed by atoms with E-state index >= 15 is 0 Å². The Balaban J connectivity index is 3.04. The van der Waals surface area contributed by atoms with Crippen LogP contribution in [0.2, 0.25) is 0 Å². The van der Waals surface area contributed by atoms with Gasteiger partial charge in [0, 0.05) is 12.2 Å². The van der Waals surface area contributed by atoms with Gasteiger partial charge in [-0.25, -0.2) is 0 Å². The van der Waals surface area contributed by atoms with Crippen LogP contribution in [0.3, 0.4) is 0 Å². The molecule has 0 radical (unpaired) electrons. The summed E-state index contributed by atoms with van der Waals surface area (Å²) >= 11 is 4.03. The third-order valence-electron chi connectivity index (χ3n) is 4.84. The quantitative estimate of drug-likeness (QED) is 0.136. The number of esters is 1. The van der Waals surface area contributed by atoms with Crippen molar-refractivity contribution in [3.8, 4) is 0 Å². The summed E-state index contributed by atoms with van der Waals surface area (Å²) in [6.07, 6.45) is 23.8. The van der Waals surface area contributed by atoms with Crippen molar-refractivity contribution in [1.82, 2.24) is 0 Å². The second-order valence-electron chi connectivity index (χ2n) is 7.35. The van der Waals surface area contributed by atoms with Crippen molar-refractivity contribution < 1.29 is 9.53 Å². The highest BCUT2D eigenvalue weighted by molar-refractivity contribution is 7.80. The number of carbonyl (C=O) groups is 1. The molecule has 0 aliphatic heterocycles. The summed E-state index contributed by atoms with van der Waals surface area (Å²) in [6.45, 7) is 2.73. The topological polar surface area (TPSA) is 26.3 Å². The first-order chi connectivity index (χ1) is 12.3. The molecule has 0 aromatic rings.